The highest BCUT2D eigenvalue weighted by atomic mass is 35.5. The molecule has 0 aliphatic heterocycles. The van der Waals surface area contributed by atoms with Gasteiger partial charge in [0.15, 0.2) is 5.65 Å². The Bertz CT molecular complexity index is 981. The van der Waals surface area contributed by atoms with E-state index in [0.717, 1.165) is 24.3 Å². The summed E-state index contributed by atoms with van der Waals surface area (Å²) in [6.45, 7) is 14.2. The molecule has 1 fully saturated rings. The summed E-state index contributed by atoms with van der Waals surface area (Å²) in [5.41, 5.74) is 0.151. The summed E-state index contributed by atoms with van der Waals surface area (Å²) < 4.78 is 13.0. The van der Waals surface area contributed by atoms with Crippen LogP contribution in [0.2, 0.25) is 36.0 Å². The van der Waals surface area contributed by atoms with Gasteiger partial charge in [-0.3, -0.25) is 0 Å². The largest absolute Gasteiger partial charge is 0.444 e. The summed E-state index contributed by atoms with van der Waals surface area (Å²) in [6.07, 6.45) is 3.22. The number of aromatic nitrogens is 3. The van der Waals surface area contributed by atoms with Crippen molar-refractivity contribution in [3.05, 3.63) is 16.5 Å². The molecule has 1 amide bonds. The molecule has 0 bridgehead atoms. The number of carbonyl (C=O) groups excluding carboxylic acids is 1. The fraction of sp³-hybridized carbons (Fsp3) is 0.682. The van der Waals surface area contributed by atoms with E-state index in [1.165, 1.54) is 0 Å². The van der Waals surface area contributed by atoms with Crippen LogP contribution in [0, 0.1) is 5.92 Å². The summed E-state index contributed by atoms with van der Waals surface area (Å²) in [5.74, 6) is 1.00. The maximum absolute atomic E-state index is 11.8. The van der Waals surface area contributed by atoms with E-state index in [0.29, 0.717) is 42.3 Å². The van der Waals surface area contributed by atoms with Gasteiger partial charge < -0.3 is 24.7 Å². The molecule has 0 saturated heterocycles. The van der Waals surface area contributed by atoms with Crippen LogP contribution in [0.4, 0.5) is 10.6 Å². The Labute approximate surface area is 206 Å². The lowest BCUT2D eigenvalue weighted by Crippen LogP contribution is -2.43. The Morgan fingerprint density at radius 3 is 2.58 bits per heavy atom. The van der Waals surface area contributed by atoms with Crippen molar-refractivity contribution >= 4 is 54.2 Å². The van der Waals surface area contributed by atoms with Gasteiger partial charge in [0.05, 0.1) is 10.4 Å². The van der Waals surface area contributed by atoms with Gasteiger partial charge in [-0.2, -0.15) is 9.97 Å². The molecule has 2 aromatic heterocycles. The second-order valence-corrected chi connectivity index (χ2v) is 17.3. The maximum Gasteiger partial charge on any atom is 0.407 e. The van der Waals surface area contributed by atoms with Crippen molar-refractivity contribution in [3.8, 4) is 0 Å². The third-order valence-electron chi connectivity index (χ3n) is 5.38. The highest BCUT2D eigenvalue weighted by molar-refractivity contribution is 6.76. The molecule has 11 heteroatoms. The number of carbonyl (C=O) groups is 1. The van der Waals surface area contributed by atoms with Crippen LogP contribution in [-0.2, 0) is 16.2 Å². The molecule has 0 radical (unpaired) electrons. The summed E-state index contributed by atoms with van der Waals surface area (Å²) in [7, 11) is -1.15. The molecule has 3 rings (SSSR count). The first-order chi connectivity index (χ1) is 15.3. The monoisotopic (exact) mass is 515 g/mol. The van der Waals surface area contributed by atoms with E-state index in [1.807, 2.05) is 31.5 Å². The topological polar surface area (TPSA) is 90.3 Å². The zero-order chi connectivity index (χ0) is 24.4. The molecule has 184 valence electrons. The highest BCUT2D eigenvalue weighted by Crippen LogP contribution is 2.35. The number of ether oxygens (including phenoxy) is 2. The van der Waals surface area contributed by atoms with Gasteiger partial charge in [-0.05, 0) is 57.2 Å². The van der Waals surface area contributed by atoms with Crippen LogP contribution in [0.15, 0.2) is 6.20 Å². The van der Waals surface area contributed by atoms with Crippen LogP contribution in [-0.4, -0.2) is 53.5 Å². The molecular formula is C22H35Cl2N5O3Si. The van der Waals surface area contributed by atoms with Crippen LogP contribution < -0.4 is 10.6 Å². The van der Waals surface area contributed by atoms with Gasteiger partial charge in [-0.1, -0.05) is 31.2 Å². The fourth-order valence-electron chi connectivity index (χ4n) is 3.61. The van der Waals surface area contributed by atoms with Crippen molar-refractivity contribution in [1.82, 2.24) is 19.9 Å². The molecule has 0 unspecified atom stereocenters. The van der Waals surface area contributed by atoms with E-state index >= 15 is 0 Å². The molecular weight excluding hydrogens is 481 g/mol. The smallest absolute Gasteiger partial charge is 0.407 e. The van der Waals surface area contributed by atoms with E-state index in [2.05, 4.69) is 40.2 Å². The van der Waals surface area contributed by atoms with Gasteiger partial charge >= 0.3 is 6.09 Å². The van der Waals surface area contributed by atoms with Gasteiger partial charge in [-0.15, -0.1) is 0 Å². The molecule has 1 aliphatic rings. The molecule has 1 aliphatic carbocycles. The van der Waals surface area contributed by atoms with Crippen LogP contribution in [0.25, 0.3) is 11.0 Å². The van der Waals surface area contributed by atoms with Crippen LogP contribution >= 0.6 is 23.2 Å². The van der Waals surface area contributed by atoms with Crippen LogP contribution in [0.3, 0.4) is 0 Å². The number of nitrogens with zero attached hydrogens (tertiary/aromatic N) is 3. The molecule has 2 N–H and O–H groups in total. The average molecular weight is 517 g/mol. The van der Waals surface area contributed by atoms with Gasteiger partial charge in [0.1, 0.15) is 18.1 Å². The lowest BCUT2D eigenvalue weighted by Gasteiger charge is -2.36. The molecule has 0 spiro atoms. The van der Waals surface area contributed by atoms with Crippen LogP contribution in [0.1, 0.15) is 33.6 Å². The van der Waals surface area contributed by atoms with E-state index in [-0.39, 0.29) is 17.4 Å². The zero-order valence-corrected chi connectivity index (χ0v) is 22.8. The van der Waals surface area contributed by atoms with Crippen molar-refractivity contribution in [2.75, 3.05) is 18.5 Å². The number of rotatable bonds is 9. The summed E-state index contributed by atoms with van der Waals surface area (Å²) >= 11 is 12.8. The average Bonchev–Trinajstić information content (AvgIpc) is 2.93. The summed E-state index contributed by atoms with van der Waals surface area (Å²) in [6, 6.07) is 1.31. The number of alkyl carbamates (subject to hydrolysis) is 1. The van der Waals surface area contributed by atoms with E-state index in [4.69, 9.17) is 32.7 Å². The second kappa shape index (κ2) is 10.4. The first kappa shape index (κ1) is 26.1. The third kappa shape index (κ3) is 7.73. The lowest BCUT2D eigenvalue weighted by atomic mass is 9.80. The molecule has 8 nitrogen and oxygen atoms in total. The second-order valence-electron chi connectivity index (χ2n) is 10.9. The lowest BCUT2D eigenvalue weighted by molar-refractivity contribution is 0.0508. The summed E-state index contributed by atoms with van der Waals surface area (Å²) in [5, 5.41) is 7.74. The SMILES string of the molecule is CC(C)(C)OC(=O)NCC1CC(Nc2nc(Cl)nc3c2c(Cl)cn3COCC[Si](C)(C)C)C1. The van der Waals surface area contributed by atoms with E-state index in [9.17, 15) is 4.79 Å². The number of fused-ring (bicyclic) bond motifs is 1. The number of nitrogens with one attached hydrogen (secondary N) is 2. The molecule has 0 atom stereocenters. The number of hydrogen-bond acceptors (Lipinski definition) is 6. The zero-order valence-electron chi connectivity index (χ0n) is 20.3. The van der Waals surface area contributed by atoms with Gasteiger partial charge in [0, 0.05) is 33.5 Å². The first-order valence-electron chi connectivity index (χ1n) is 11.3. The molecule has 33 heavy (non-hydrogen) atoms. The minimum absolute atomic E-state index is 0.158. The standard InChI is InChI=1S/C22H35Cl2N5O3Si/c1-22(2,3)32-21(30)25-11-14-9-15(10-14)26-18-17-16(23)12-29(19(17)28-20(24)27-18)13-31-7-8-33(4,5)6/h12,14-15H,7-11,13H2,1-6H3,(H,25,30)(H,26,27,28). The summed E-state index contributed by atoms with van der Waals surface area (Å²) in [4.78, 5) is 20.6. The van der Waals surface area contributed by atoms with Crippen LogP contribution in [0.5, 0.6) is 0 Å². The number of halogens is 2. The Morgan fingerprint density at radius 1 is 1.24 bits per heavy atom. The minimum atomic E-state index is -1.15. The minimum Gasteiger partial charge on any atom is -0.444 e. The molecule has 2 heterocycles. The quantitative estimate of drug-likeness (QED) is 0.250. The van der Waals surface area contributed by atoms with Crippen molar-refractivity contribution in [1.29, 1.82) is 0 Å². The fourth-order valence-corrected chi connectivity index (χ4v) is 4.83. The predicted molar refractivity (Wildman–Crippen MR) is 136 cm³/mol. The molecule has 1 saturated carbocycles. The Kier molecular flexibility index (Phi) is 8.19. The van der Waals surface area contributed by atoms with Crippen molar-refractivity contribution in [2.24, 2.45) is 5.92 Å². The highest BCUT2D eigenvalue weighted by Gasteiger charge is 2.31. The van der Waals surface area contributed by atoms with Crippen molar-refractivity contribution in [3.63, 3.8) is 0 Å². The number of hydrogen-bond donors (Lipinski definition) is 2. The van der Waals surface area contributed by atoms with E-state index in [1.54, 1.807) is 0 Å². The third-order valence-corrected chi connectivity index (χ3v) is 7.54. The predicted octanol–water partition coefficient (Wildman–Crippen LogP) is 5.77. The number of amides is 1. The van der Waals surface area contributed by atoms with Gasteiger partial charge in [0.25, 0.3) is 0 Å². The van der Waals surface area contributed by atoms with Gasteiger partial charge in [0.2, 0.25) is 5.28 Å². The molecule has 2 aromatic rings. The van der Waals surface area contributed by atoms with Gasteiger partial charge in [-0.25, -0.2) is 4.79 Å². The van der Waals surface area contributed by atoms with E-state index < -0.39 is 13.7 Å². The maximum atomic E-state index is 11.8. The first-order valence-corrected chi connectivity index (χ1v) is 15.8. The van der Waals surface area contributed by atoms with Crippen molar-refractivity contribution < 1.29 is 14.3 Å². The number of anilines is 1. The Morgan fingerprint density at radius 2 is 1.94 bits per heavy atom. The normalized spacial score (nSPS) is 18.8. The van der Waals surface area contributed by atoms with Crippen molar-refractivity contribution in [2.45, 2.75) is 77.7 Å². The Balaban J connectivity index is 1.57. The Hall–Kier alpha value is -1.55. The molecule has 0 aromatic carbocycles.